The molecule has 4 rings (SSSR count). The summed E-state index contributed by atoms with van der Waals surface area (Å²) in [6.07, 6.45) is 6.29. The van der Waals surface area contributed by atoms with Crippen LogP contribution >= 0.6 is 0 Å². The highest BCUT2D eigenvalue weighted by molar-refractivity contribution is 5.93. The van der Waals surface area contributed by atoms with Crippen molar-refractivity contribution in [3.63, 3.8) is 0 Å². The van der Waals surface area contributed by atoms with Gasteiger partial charge in [-0.2, -0.15) is 0 Å². The van der Waals surface area contributed by atoms with Crippen molar-refractivity contribution < 1.29 is 28.5 Å². The maximum atomic E-state index is 13.1. The average Bonchev–Trinajstić information content (AvgIpc) is 3.22. The highest BCUT2D eigenvalue weighted by Gasteiger charge is 2.25. The average molecular weight is 588 g/mol. The molecule has 1 saturated carbocycles. The first-order valence-corrected chi connectivity index (χ1v) is 15.4. The highest BCUT2D eigenvalue weighted by atomic mass is 16.6. The fourth-order valence-corrected chi connectivity index (χ4v) is 5.20. The van der Waals surface area contributed by atoms with Gasteiger partial charge in [-0.05, 0) is 81.3 Å². The molecule has 2 atom stereocenters. The molecule has 1 N–H and O–H groups in total. The van der Waals surface area contributed by atoms with Crippen molar-refractivity contribution in [2.45, 2.75) is 96.7 Å². The maximum Gasteiger partial charge on any atom is 0.412 e. The number of esters is 1. The zero-order valence-electron chi connectivity index (χ0n) is 25.7. The van der Waals surface area contributed by atoms with E-state index in [-0.39, 0.29) is 18.8 Å². The Morgan fingerprint density at radius 2 is 1.42 bits per heavy atom. The lowest BCUT2D eigenvalue weighted by atomic mass is 10.0. The van der Waals surface area contributed by atoms with Crippen LogP contribution in [0, 0.1) is 0 Å². The van der Waals surface area contributed by atoms with E-state index in [0.717, 1.165) is 42.4 Å². The van der Waals surface area contributed by atoms with Crippen LogP contribution in [0.3, 0.4) is 0 Å². The maximum absolute atomic E-state index is 13.1. The van der Waals surface area contributed by atoms with Crippen molar-refractivity contribution in [3.8, 4) is 0 Å². The predicted molar refractivity (Wildman–Crippen MR) is 168 cm³/mol. The Balaban J connectivity index is 1.38. The third-order valence-corrected chi connectivity index (χ3v) is 7.30. The third kappa shape index (κ3) is 11.2. The van der Waals surface area contributed by atoms with Crippen LogP contribution in [-0.4, -0.2) is 36.5 Å². The molecule has 3 aromatic rings. The molecule has 1 aliphatic carbocycles. The van der Waals surface area contributed by atoms with Gasteiger partial charge in [-0.3, -0.25) is 5.32 Å². The molecular weight excluding hydrogens is 542 g/mol. The van der Waals surface area contributed by atoms with Crippen LogP contribution in [0.2, 0.25) is 0 Å². The number of carbonyl (C=O) groups excluding carboxylic acids is 2. The largest absolute Gasteiger partial charge is 0.457 e. The first kappa shape index (κ1) is 32.2. The SMILES string of the molecule is CC(C)(C)OC(=O)Nc1ccc(C(=O)OCc2ccccc2)c(CCCOC2CCCCCC2OCc2ccccc2)c1. The van der Waals surface area contributed by atoms with Gasteiger partial charge in [0.2, 0.25) is 0 Å². The monoisotopic (exact) mass is 587 g/mol. The van der Waals surface area contributed by atoms with Crippen LogP contribution in [0.5, 0.6) is 0 Å². The fraction of sp³-hybridized carbons (Fsp3) is 0.444. The fourth-order valence-electron chi connectivity index (χ4n) is 5.20. The standard InChI is InChI=1S/C36H45NO6/c1-36(2,3)43-35(39)37-30-21-22-31(34(38)42-26-28-16-9-5-10-17-28)29(24-30)18-13-23-40-32-19-11-6-12-20-33(32)41-25-27-14-7-4-8-15-27/h4-5,7-10,14-17,21-22,24,32-33H,6,11-13,18-20,23,25-26H2,1-3H3,(H,37,39). The molecule has 0 radical (unpaired) electrons. The Morgan fingerprint density at radius 3 is 2.07 bits per heavy atom. The second kappa shape index (κ2) is 16.2. The first-order valence-electron chi connectivity index (χ1n) is 15.4. The van der Waals surface area contributed by atoms with Gasteiger partial charge in [-0.25, -0.2) is 9.59 Å². The number of benzene rings is 3. The second-order valence-corrected chi connectivity index (χ2v) is 12.0. The summed E-state index contributed by atoms with van der Waals surface area (Å²) >= 11 is 0. The molecule has 3 aromatic carbocycles. The van der Waals surface area contributed by atoms with Gasteiger partial charge in [-0.15, -0.1) is 0 Å². The quantitative estimate of drug-likeness (QED) is 0.130. The highest BCUT2D eigenvalue weighted by Crippen LogP contribution is 2.25. The number of carbonyl (C=O) groups is 2. The van der Waals surface area contributed by atoms with Crippen molar-refractivity contribution in [2.75, 3.05) is 11.9 Å². The molecule has 0 spiro atoms. The van der Waals surface area contributed by atoms with Crippen LogP contribution in [0.4, 0.5) is 10.5 Å². The molecule has 43 heavy (non-hydrogen) atoms. The first-order chi connectivity index (χ1) is 20.8. The smallest absolute Gasteiger partial charge is 0.412 e. The Morgan fingerprint density at radius 1 is 0.791 bits per heavy atom. The van der Waals surface area contributed by atoms with E-state index in [1.807, 2.05) is 75.4 Å². The molecule has 0 bridgehead atoms. The molecule has 2 unspecified atom stereocenters. The molecule has 1 amide bonds. The van der Waals surface area contributed by atoms with Gasteiger partial charge in [0.1, 0.15) is 12.2 Å². The molecule has 0 heterocycles. The third-order valence-electron chi connectivity index (χ3n) is 7.30. The van der Waals surface area contributed by atoms with Crippen LogP contribution in [-0.2, 0) is 38.6 Å². The summed E-state index contributed by atoms with van der Waals surface area (Å²) in [6.45, 7) is 6.75. The predicted octanol–water partition coefficient (Wildman–Crippen LogP) is 8.26. The van der Waals surface area contributed by atoms with E-state index in [1.165, 1.54) is 6.42 Å². The van der Waals surface area contributed by atoms with E-state index in [9.17, 15) is 9.59 Å². The van der Waals surface area contributed by atoms with Gasteiger partial charge in [0.15, 0.2) is 0 Å². The second-order valence-electron chi connectivity index (χ2n) is 12.0. The molecule has 230 valence electrons. The topological polar surface area (TPSA) is 83.1 Å². The van der Waals surface area contributed by atoms with Crippen molar-refractivity contribution >= 4 is 17.7 Å². The number of ether oxygens (including phenoxy) is 4. The Kier molecular flexibility index (Phi) is 12.2. The van der Waals surface area contributed by atoms with Crippen molar-refractivity contribution in [1.29, 1.82) is 0 Å². The number of rotatable bonds is 12. The lowest BCUT2D eigenvalue weighted by molar-refractivity contribution is -0.0824. The molecule has 1 aliphatic rings. The Bertz CT molecular complexity index is 1290. The number of hydrogen-bond acceptors (Lipinski definition) is 6. The lowest BCUT2D eigenvalue weighted by Gasteiger charge is -2.26. The summed E-state index contributed by atoms with van der Waals surface area (Å²) in [6, 6.07) is 25.1. The number of hydrogen-bond donors (Lipinski definition) is 1. The van der Waals surface area contributed by atoms with Crippen LogP contribution < -0.4 is 5.32 Å². The zero-order valence-corrected chi connectivity index (χ0v) is 25.7. The molecule has 0 aromatic heterocycles. The van der Waals surface area contributed by atoms with E-state index < -0.39 is 17.7 Å². The number of aryl methyl sites for hydroxylation is 1. The van der Waals surface area contributed by atoms with Gasteiger partial charge in [0, 0.05) is 12.3 Å². The Labute approximate surface area is 255 Å². The van der Waals surface area contributed by atoms with E-state index in [1.54, 1.807) is 12.1 Å². The molecule has 0 aliphatic heterocycles. The van der Waals surface area contributed by atoms with Gasteiger partial charge < -0.3 is 18.9 Å². The van der Waals surface area contributed by atoms with E-state index in [4.69, 9.17) is 18.9 Å². The number of anilines is 1. The minimum Gasteiger partial charge on any atom is -0.457 e. The van der Waals surface area contributed by atoms with Crippen LogP contribution in [0.25, 0.3) is 0 Å². The molecule has 7 heteroatoms. The summed E-state index contributed by atoms with van der Waals surface area (Å²) in [7, 11) is 0. The molecule has 0 saturated heterocycles. The van der Waals surface area contributed by atoms with Gasteiger partial charge >= 0.3 is 12.1 Å². The van der Waals surface area contributed by atoms with Crippen LogP contribution in [0.1, 0.15) is 86.3 Å². The lowest BCUT2D eigenvalue weighted by Crippen LogP contribution is -2.31. The summed E-state index contributed by atoms with van der Waals surface area (Å²) in [5.74, 6) is -0.401. The minimum atomic E-state index is -0.619. The normalized spacial score (nSPS) is 17.1. The summed E-state index contributed by atoms with van der Waals surface area (Å²) < 4.78 is 23.8. The van der Waals surface area contributed by atoms with E-state index >= 15 is 0 Å². The van der Waals surface area contributed by atoms with Gasteiger partial charge in [0.05, 0.1) is 24.4 Å². The minimum absolute atomic E-state index is 0.0432. The summed E-state index contributed by atoms with van der Waals surface area (Å²) in [5, 5.41) is 2.78. The number of amides is 1. The molecular formula is C36H45NO6. The van der Waals surface area contributed by atoms with E-state index in [0.29, 0.717) is 37.3 Å². The molecule has 1 fully saturated rings. The van der Waals surface area contributed by atoms with Crippen molar-refractivity contribution in [1.82, 2.24) is 0 Å². The van der Waals surface area contributed by atoms with Gasteiger partial charge in [0.25, 0.3) is 0 Å². The number of nitrogens with one attached hydrogen (secondary N) is 1. The molecule has 7 nitrogen and oxygen atoms in total. The van der Waals surface area contributed by atoms with Crippen molar-refractivity contribution in [2.24, 2.45) is 0 Å². The van der Waals surface area contributed by atoms with Crippen LogP contribution in [0.15, 0.2) is 78.9 Å². The van der Waals surface area contributed by atoms with Crippen molar-refractivity contribution in [3.05, 3.63) is 101 Å². The van der Waals surface area contributed by atoms with Gasteiger partial charge in [-0.1, -0.05) is 79.9 Å². The zero-order chi connectivity index (χ0) is 30.5. The van der Waals surface area contributed by atoms with E-state index in [2.05, 4.69) is 17.4 Å². The summed E-state index contributed by atoms with van der Waals surface area (Å²) in [4.78, 5) is 25.5. The summed E-state index contributed by atoms with van der Waals surface area (Å²) in [5.41, 5.74) is 3.28. The Hall–Kier alpha value is -3.68.